The molecule has 24 heavy (non-hydrogen) atoms. The average molecular weight is 322 g/mol. The fourth-order valence-corrected chi connectivity index (χ4v) is 3.13. The number of pyridine rings is 2. The molecular weight excluding hydrogens is 300 g/mol. The molecule has 0 aliphatic carbocycles. The number of carbonyl (C=O) groups is 1. The lowest BCUT2D eigenvalue weighted by Gasteiger charge is -2.32. The van der Waals surface area contributed by atoms with E-state index >= 15 is 0 Å². The van der Waals surface area contributed by atoms with Gasteiger partial charge in [0.15, 0.2) is 0 Å². The normalized spacial score (nSPS) is 17.3. The number of hydrogen-bond acceptors (Lipinski definition) is 4. The van der Waals surface area contributed by atoms with Gasteiger partial charge in [0.1, 0.15) is 11.6 Å². The Morgan fingerprint density at radius 1 is 1.29 bits per heavy atom. The molecule has 3 heterocycles. The van der Waals surface area contributed by atoms with Gasteiger partial charge in [-0.25, -0.2) is 9.97 Å². The third kappa shape index (κ3) is 4.19. The molecule has 1 amide bonds. The molecule has 1 unspecified atom stereocenters. The van der Waals surface area contributed by atoms with Crippen molar-refractivity contribution < 1.29 is 4.79 Å². The number of anilines is 2. The lowest BCUT2D eigenvalue weighted by molar-refractivity contribution is -0.127. The van der Waals surface area contributed by atoms with Gasteiger partial charge < -0.3 is 10.2 Å². The molecule has 124 valence electrons. The van der Waals surface area contributed by atoms with Crippen molar-refractivity contribution >= 4 is 17.5 Å². The number of rotatable bonds is 5. The zero-order valence-corrected chi connectivity index (χ0v) is 13.7. The van der Waals surface area contributed by atoms with Crippen LogP contribution in [-0.4, -0.2) is 33.9 Å². The molecule has 5 nitrogen and oxygen atoms in total. The van der Waals surface area contributed by atoms with Crippen LogP contribution < -0.4 is 5.32 Å². The van der Waals surface area contributed by atoms with E-state index < -0.39 is 0 Å². The Morgan fingerprint density at radius 2 is 2.17 bits per heavy atom. The third-order valence-electron chi connectivity index (χ3n) is 4.28. The predicted octanol–water partition coefficient (Wildman–Crippen LogP) is 3.19. The number of nitrogens with zero attached hydrogens (tertiary/aromatic N) is 3. The maximum absolute atomic E-state index is 11.8. The monoisotopic (exact) mass is 322 g/mol. The maximum atomic E-state index is 11.8. The maximum Gasteiger partial charge on any atom is 0.245 e. The predicted molar refractivity (Wildman–Crippen MR) is 95.0 cm³/mol. The molecule has 1 atom stereocenters. The van der Waals surface area contributed by atoms with Crippen molar-refractivity contribution in [3.05, 3.63) is 60.9 Å². The highest BCUT2D eigenvalue weighted by Crippen LogP contribution is 2.22. The molecule has 0 saturated carbocycles. The highest BCUT2D eigenvalue weighted by Gasteiger charge is 2.22. The molecule has 1 aliphatic heterocycles. The summed E-state index contributed by atoms with van der Waals surface area (Å²) >= 11 is 0. The van der Waals surface area contributed by atoms with Crippen molar-refractivity contribution in [3.63, 3.8) is 0 Å². The van der Waals surface area contributed by atoms with Crippen molar-refractivity contribution in [2.75, 3.05) is 18.4 Å². The number of nitrogens with one attached hydrogen (secondary N) is 1. The van der Waals surface area contributed by atoms with E-state index in [9.17, 15) is 4.79 Å². The zero-order chi connectivity index (χ0) is 16.8. The van der Waals surface area contributed by atoms with E-state index in [4.69, 9.17) is 0 Å². The van der Waals surface area contributed by atoms with E-state index in [0.717, 1.165) is 44.0 Å². The van der Waals surface area contributed by atoms with Crippen LogP contribution in [-0.2, 0) is 11.2 Å². The minimum absolute atomic E-state index is 0.0342. The highest BCUT2D eigenvalue weighted by molar-refractivity contribution is 5.87. The summed E-state index contributed by atoms with van der Waals surface area (Å²) in [5.41, 5.74) is 1.22. The Bertz CT molecular complexity index is 702. The summed E-state index contributed by atoms with van der Waals surface area (Å²) in [5.74, 6) is 2.09. The lowest BCUT2D eigenvalue weighted by atomic mass is 9.91. The second-order valence-electron chi connectivity index (χ2n) is 6.09. The van der Waals surface area contributed by atoms with Gasteiger partial charge in [-0.15, -0.1) is 0 Å². The minimum Gasteiger partial charge on any atom is -0.339 e. The van der Waals surface area contributed by atoms with Crippen LogP contribution in [0.25, 0.3) is 0 Å². The Hall–Kier alpha value is -2.69. The van der Waals surface area contributed by atoms with Crippen LogP contribution in [0.5, 0.6) is 0 Å². The first-order valence-electron chi connectivity index (χ1n) is 8.29. The summed E-state index contributed by atoms with van der Waals surface area (Å²) in [5, 5.41) is 3.22. The van der Waals surface area contributed by atoms with Gasteiger partial charge >= 0.3 is 0 Å². The molecule has 2 aromatic rings. The Balaban J connectivity index is 1.64. The molecule has 1 fully saturated rings. The number of aromatic nitrogens is 2. The van der Waals surface area contributed by atoms with E-state index in [-0.39, 0.29) is 5.91 Å². The van der Waals surface area contributed by atoms with Crippen molar-refractivity contribution in [2.24, 2.45) is 5.92 Å². The second kappa shape index (κ2) is 7.73. The van der Waals surface area contributed by atoms with Gasteiger partial charge in [0.2, 0.25) is 5.91 Å². The Morgan fingerprint density at radius 3 is 2.96 bits per heavy atom. The lowest BCUT2D eigenvalue weighted by Crippen LogP contribution is -2.39. The topological polar surface area (TPSA) is 58.1 Å². The van der Waals surface area contributed by atoms with E-state index in [1.54, 1.807) is 6.20 Å². The SMILES string of the molecule is C=CC(=O)N1CCCC(Cc2ccnc(Nc3ccccn3)c2)C1. The van der Waals surface area contributed by atoms with Gasteiger partial charge in [-0.2, -0.15) is 0 Å². The van der Waals surface area contributed by atoms with Crippen LogP contribution in [0.2, 0.25) is 0 Å². The summed E-state index contributed by atoms with van der Waals surface area (Å²) in [6.45, 7) is 5.22. The summed E-state index contributed by atoms with van der Waals surface area (Å²) in [4.78, 5) is 22.3. The van der Waals surface area contributed by atoms with E-state index in [2.05, 4.69) is 27.9 Å². The van der Waals surface area contributed by atoms with Gasteiger partial charge in [-0.1, -0.05) is 12.6 Å². The fraction of sp³-hybridized carbons (Fsp3) is 0.316. The quantitative estimate of drug-likeness (QED) is 0.859. The van der Waals surface area contributed by atoms with Crippen LogP contribution >= 0.6 is 0 Å². The Kier molecular flexibility index (Phi) is 5.21. The highest BCUT2D eigenvalue weighted by atomic mass is 16.2. The molecule has 0 aromatic carbocycles. The number of carbonyl (C=O) groups excluding carboxylic acids is 1. The minimum atomic E-state index is 0.0342. The first kappa shape index (κ1) is 16.2. The van der Waals surface area contributed by atoms with E-state index in [0.29, 0.717) is 5.92 Å². The van der Waals surface area contributed by atoms with E-state index in [1.807, 2.05) is 35.4 Å². The molecule has 1 N–H and O–H groups in total. The van der Waals surface area contributed by atoms with Gasteiger partial charge in [-0.05, 0) is 61.1 Å². The molecule has 0 bridgehead atoms. The fourth-order valence-electron chi connectivity index (χ4n) is 3.13. The summed E-state index contributed by atoms with van der Waals surface area (Å²) in [7, 11) is 0. The summed E-state index contributed by atoms with van der Waals surface area (Å²) in [6, 6.07) is 9.83. The molecular formula is C19H22N4O. The number of hydrogen-bond donors (Lipinski definition) is 1. The van der Waals surface area contributed by atoms with Crippen LogP contribution in [0.4, 0.5) is 11.6 Å². The number of piperidine rings is 1. The van der Waals surface area contributed by atoms with Crippen molar-refractivity contribution in [1.82, 2.24) is 14.9 Å². The first-order valence-corrected chi connectivity index (χ1v) is 8.29. The first-order chi connectivity index (χ1) is 11.7. The molecule has 0 spiro atoms. The molecule has 1 aliphatic rings. The smallest absolute Gasteiger partial charge is 0.245 e. The van der Waals surface area contributed by atoms with Gasteiger partial charge in [0.25, 0.3) is 0 Å². The van der Waals surface area contributed by atoms with Crippen molar-refractivity contribution in [2.45, 2.75) is 19.3 Å². The molecule has 2 aromatic heterocycles. The van der Waals surface area contributed by atoms with Gasteiger partial charge in [0, 0.05) is 25.5 Å². The molecule has 0 radical (unpaired) electrons. The number of likely N-dealkylation sites (tertiary alicyclic amines) is 1. The molecule has 3 rings (SSSR count). The zero-order valence-electron chi connectivity index (χ0n) is 13.7. The van der Waals surface area contributed by atoms with Crippen LogP contribution in [0.3, 0.4) is 0 Å². The van der Waals surface area contributed by atoms with Crippen molar-refractivity contribution in [1.29, 1.82) is 0 Å². The third-order valence-corrected chi connectivity index (χ3v) is 4.28. The van der Waals surface area contributed by atoms with Crippen LogP contribution in [0, 0.1) is 5.92 Å². The van der Waals surface area contributed by atoms with Crippen LogP contribution in [0.1, 0.15) is 18.4 Å². The van der Waals surface area contributed by atoms with Gasteiger partial charge in [-0.3, -0.25) is 4.79 Å². The molecule has 5 heteroatoms. The van der Waals surface area contributed by atoms with Gasteiger partial charge in [0.05, 0.1) is 0 Å². The molecule has 1 saturated heterocycles. The second-order valence-corrected chi connectivity index (χ2v) is 6.09. The summed E-state index contributed by atoms with van der Waals surface area (Å²) < 4.78 is 0. The summed E-state index contributed by atoms with van der Waals surface area (Å²) in [6.07, 6.45) is 8.11. The van der Waals surface area contributed by atoms with Crippen LogP contribution in [0.15, 0.2) is 55.4 Å². The van der Waals surface area contributed by atoms with E-state index in [1.165, 1.54) is 11.6 Å². The number of amides is 1. The largest absolute Gasteiger partial charge is 0.339 e. The average Bonchev–Trinajstić information content (AvgIpc) is 2.62. The Labute approximate surface area is 142 Å². The van der Waals surface area contributed by atoms with Crippen molar-refractivity contribution in [3.8, 4) is 0 Å². The standard InChI is InChI=1S/C19H22N4O/c1-2-19(24)23-11-5-6-16(14-23)12-15-8-10-21-18(13-15)22-17-7-3-4-9-20-17/h2-4,7-10,13,16H,1,5-6,11-12,14H2,(H,20,21,22).